The van der Waals surface area contributed by atoms with Crippen LogP contribution in [0.3, 0.4) is 0 Å². The van der Waals surface area contributed by atoms with E-state index < -0.39 is 20.1 Å². The number of benzene rings is 2. The van der Waals surface area contributed by atoms with E-state index in [1.54, 1.807) is 30.3 Å². The lowest BCUT2D eigenvalue weighted by atomic mass is 10.2. The minimum absolute atomic E-state index is 0.0149. The molecule has 7 nitrogen and oxygen atoms in total. The fraction of sp³-hybridized carbons (Fsp3) is 0.105. The molecule has 0 saturated carbocycles. The first-order valence-corrected chi connectivity index (χ1v) is 11.1. The summed E-state index contributed by atoms with van der Waals surface area (Å²) in [5.74, 6) is 0. The normalized spacial score (nSPS) is 12.7. The molecule has 0 aliphatic rings. The number of aromatic nitrogens is 1. The van der Waals surface area contributed by atoms with Crippen molar-refractivity contribution >= 4 is 25.9 Å². The lowest BCUT2D eigenvalue weighted by Gasteiger charge is -2.05. The molecule has 0 aliphatic carbocycles. The fourth-order valence-electron chi connectivity index (χ4n) is 2.36. The SMILES string of the molecule is CC(=NOS(=O)(=O)c1ccc(C)cc1)c1ccn(S(=O)(=O)c2ccccc2)c1. The van der Waals surface area contributed by atoms with Crippen molar-refractivity contribution in [1.82, 2.24) is 3.97 Å². The van der Waals surface area contributed by atoms with Gasteiger partial charge in [0.25, 0.3) is 10.0 Å². The van der Waals surface area contributed by atoms with Gasteiger partial charge in [0.05, 0.1) is 10.6 Å². The molecule has 3 rings (SSSR count). The average molecular weight is 418 g/mol. The van der Waals surface area contributed by atoms with Crippen molar-refractivity contribution in [2.75, 3.05) is 0 Å². The quantitative estimate of drug-likeness (QED) is 0.453. The Hall–Kier alpha value is -2.91. The largest absolute Gasteiger partial charge is 0.358 e. The van der Waals surface area contributed by atoms with Crippen molar-refractivity contribution in [3.05, 3.63) is 84.2 Å². The van der Waals surface area contributed by atoms with Crippen LogP contribution in [-0.4, -0.2) is 26.5 Å². The molecular weight excluding hydrogens is 400 g/mol. The Morgan fingerprint density at radius 2 is 1.54 bits per heavy atom. The molecule has 0 saturated heterocycles. The number of hydrogen-bond donors (Lipinski definition) is 0. The van der Waals surface area contributed by atoms with Crippen molar-refractivity contribution in [3.63, 3.8) is 0 Å². The second kappa shape index (κ2) is 7.61. The summed E-state index contributed by atoms with van der Waals surface area (Å²) in [6.45, 7) is 3.37. The predicted octanol–water partition coefficient (Wildman–Crippen LogP) is 3.16. The fourth-order valence-corrected chi connectivity index (χ4v) is 4.34. The average Bonchev–Trinajstić information content (AvgIpc) is 3.18. The highest BCUT2D eigenvalue weighted by Gasteiger charge is 2.18. The number of hydrogen-bond acceptors (Lipinski definition) is 6. The number of oxime groups is 1. The summed E-state index contributed by atoms with van der Waals surface area (Å²) in [6, 6.07) is 15.7. The molecule has 0 radical (unpaired) electrons. The molecule has 0 aliphatic heterocycles. The van der Waals surface area contributed by atoms with Crippen LogP contribution >= 0.6 is 0 Å². The van der Waals surface area contributed by atoms with Gasteiger partial charge >= 0.3 is 10.1 Å². The van der Waals surface area contributed by atoms with Gasteiger partial charge in [0.15, 0.2) is 0 Å². The van der Waals surface area contributed by atoms with Crippen LogP contribution in [-0.2, 0) is 24.4 Å². The molecule has 0 atom stereocenters. The molecular formula is C19H18N2O5S2. The molecule has 28 heavy (non-hydrogen) atoms. The summed E-state index contributed by atoms with van der Waals surface area (Å²) < 4.78 is 55.4. The highest BCUT2D eigenvalue weighted by atomic mass is 32.2. The Balaban J connectivity index is 1.82. The van der Waals surface area contributed by atoms with Gasteiger partial charge in [0, 0.05) is 18.0 Å². The molecule has 146 valence electrons. The van der Waals surface area contributed by atoms with E-state index in [1.165, 1.54) is 49.6 Å². The zero-order valence-corrected chi connectivity index (χ0v) is 16.8. The summed E-state index contributed by atoms with van der Waals surface area (Å²) in [6.07, 6.45) is 2.72. The maximum atomic E-state index is 12.6. The van der Waals surface area contributed by atoms with Gasteiger partial charge in [0.2, 0.25) is 0 Å². The van der Waals surface area contributed by atoms with Crippen LogP contribution in [0.5, 0.6) is 0 Å². The van der Waals surface area contributed by atoms with Gasteiger partial charge < -0.3 is 0 Å². The van der Waals surface area contributed by atoms with Crippen LogP contribution < -0.4 is 0 Å². The third-order valence-electron chi connectivity index (χ3n) is 3.99. The standard InChI is InChI=1S/C19H18N2O5S2/c1-15-8-10-19(11-9-15)28(24,25)26-20-16(2)17-12-13-21(14-17)27(22,23)18-6-4-3-5-7-18/h3-14H,1-2H3. The van der Waals surface area contributed by atoms with Gasteiger partial charge in [-0.15, -0.1) is 0 Å². The molecule has 9 heteroatoms. The van der Waals surface area contributed by atoms with Gasteiger partial charge in [-0.3, -0.25) is 4.28 Å². The van der Waals surface area contributed by atoms with Crippen LogP contribution in [0.4, 0.5) is 0 Å². The first kappa shape index (κ1) is 19.8. The van der Waals surface area contributed by atoms with Crippen LogP contribution in [0, 0.1) is 6.92 Å². The maximum Gasteiger partial charge on any atom is 0.358 e. The van der Waals surface area contributed by atoms with Gasteiger partial charge in [-0.25, -0.2) is 12.4 Å². The highest BCUT2D eigenvalue weighted by molar-refractivity contribution is 7.90. The van der Waals surface area contributed by atoms with Crippen LogP contribution in [0.25, 0.3) is 0 Å². The van der Waals surface area contributed by atoms with E-state index in [0.717, 1.165) is 9.54 Å². The number of rotatable bonds is 6. The maximum absolute atomic E-state index is 12.6. The first-order valence-electron chi connectivity index (χ1n) is 8.24. The van der Waals surface area contributed by atoms with E-state index in [9.17, 15) is 16.8 Å². The van der Waals surface area contributed by atoms with Crippen molar-refractivity contribution in [1.29, 1.82) is 0 Å². The van der Waals surface area contributed by atoms with E-state index in [1.807, 2.05) is 6.92 Å². The minimum atomic E-state index is -4.06. The third-order valence-corrected chi connectivity index (χ3v) is 6.76. The molecule has 0 spiro atoms. The second-order valence-electron chi connectivity index (χ2n) is 6.07. The predicted molar refractivity (Wildman–Crippen MR) is 105 cm³/mol. The summed E-state index contributed by atoms with van der Waals surface area (Å²) in [5.41, 5.74) is 1.55. The van der Waals surface area contributed by atoms with E-state index in [0.29, 0.717) is 5.56 Å². The molecule has 0 amide bonds. The second-order valence-corrected chi connectivity index (χ2v) is 9.44. The zero-order valence-electron chi connectivity index (χ0n) is 15.2. The van der Waals surface area contributed by atoms with Crippen LogP contribution in [0.2, 0.25) is 0 Å². The minimum Gasteiger partial charge on any atom is -0.265 e. The molecule has 0 unspecified atom stereocenters. The van der Waals surface area contributed by atoms with E-state index in [4.69, 9.17) is 4.28 Å². The Morgan fingerprint density at radius 3 is 2.18 bits per heavy atom. The van der Waals surface area contributed by atoms with Gasteiger partial charge in [0.1, 0.15) is 4.90 Å². The molecule has 2 aromatic carbocycles. The van der Waals surface area contributed by atoms with Crippen molar-refractivity contribution in [3.8, 4) is 0 Å². The van der Waals surface area contributed by atoms with Crippen LogP contribution in [0.15, 0.2) is 88.0 Å². The van der Waals surface area contributed by atoms with Gasteiger partial charge in [-0.05, 0) is 44.2 Å². The summed E-state index contributed by atoms with van der Waals surface area (Å²) in [4.78, 5) is 0.129. The van der Waals surface area contributed by atoms with Crippen molar-refractivity contribution in [2.24, 2.45) is 5.16 Å². The first-order chi connectivity index (χ1) is 13.2. The lowest BCUT2D eigenvalue weighted by molar-refractivity contribution is 0.339. The molecule has 1 heterocycles. The molecule has 3 aromatic rings. The Morgan fingerprint density at radius 1 is 0.893 bits per heavy atom. The topological polar surface area (TPSA) is 94.8 Å². The highest BCUT2D eigenvalue weighted by Crippen LogP contribution is 2.17. The lowest BCUT2D eigenvalue weighted by Crippen LogP contribution is -2.11. The molecule has 0 N–H and O–H groups in total. The Labute approximate surface area is 164 Å². The van der Waals surface area contributed by atoms with Crippen molar-refractivity contribution in [2.45, 2.75) is 23.6 Å². The summed E-state index contributed by atoms with van der Waals surface area (Å²) in [5, 5.41) is 3.65. The summed E-state index contributed by atoms with van der Waals surface area (Å²) in [7, 11) is -7.80. The molecule has 1 aromatic heterocycles. The Bertz CT molecular complexity index is 1210. The van der Waals surface area contributed by atoms with E-state index in [-0.39, 0.29) is 15.5 Å². The van der Waals surface area contributed by atoms with E-state index in [2.05, 4.69) is 5.16 Å². The Kier molecular flexibility index (Phi) is 5.39. The smallest absolute Gasteiger partial charge is 0.265 e. The van der Waals surface area contributed by atoms with Gasteiger partial charge in [-0.2, -0.15) is 8.42 Å². The number of aryl methyl sites for hydroxylation is 1. The molecule has 0 bridgehead atoms. The zero-order chi connectivity index (χ0) is 20.4. The van der Waals surface area contributed by atoms with Crippen molar-refractivity contribution < 1.29 is 21.1 Å². The molecule has 0 fully saturated rings. The number of nitrogens with zero attached hydrogens (tertiary/aromatic N) is 2. The third kappa shape index (κ3) is 4.15. The van der Waals surface area contributed by atoms with E-state index >= 15 is 0 Å². The summed E-state index contributed by atoms with van der Waals surface area (Å²) >= 11 is 0. The van der Waals surface area contributed by atoms with Crippen LogP contribution in [0.1, 0.15) is 18.1 Å². The van der Waals surface area contributed by atoms with Gasteiger partial charge in [-0.1, -0.05) is 41.1 Å². The monoisotopic (exact) mass is 418 g/mol.